The smallest absolute Gasteiger partial charge is 0.161 e. The van der Waals surface area contributed by atoms with Gasteiger partial charge in [0.15, 0.2) is 11.5 Å². The third-order valence-electron chi connectivity index (χ3n) is 5.58. The summed E-state index contributed by atoms with van der Waals surface area (Å²) in [5, 5.41) is 32.1. The largest absolute Gasteiger partial charge is 0.505 e. The maximum Gasteiger partial charge on any atom is 0.161 e. The van der Waals surface area contributed by atoms with E-state index < -0.39 is 70.2 Å². The molecule has 18 heteroatoms. The van der Waals surface area contributed by atoms with Gasteiger partial charge in [-0.05, 0) is 60.8 Å². The first-order valence-electron chi connectivity index (χ1n) is 10.9. The van der Waals surface area contributed by atoms with Crippen LogP contribution in [0.15, 0.2) is 85.6 Å². The Labute approximate surface area is 248 Å². The molecule has 0 bridgehead atoms. The summed E-state index contributed by atoms with van der Waals surface area (Å²) >= 11 is 0. The average molecular weight is 679 g/mol. The number of azo groups is 1. The van der Waals surface area contributed by atoms with Gasteiger partial charge in [-0.1, -0.05) is 17.7 Å². The van der Waals surface area contributed by atoms with Crippen LogP contribution < -0.4 is 5.32 Å². The van der Waals surface area contributed by atoms with E-state index in [0.717, 1.165) is 17.3 Å². The van der Waals surface area contributed by atoms with Gasteiger partial charge in [0.1, 0.15) is 48.9 Å². The Hall–Kier alpha value is -2.65. The first-order chi connectivity index (χ1) is 18.4. The Morgan fingerprint density at radius 1 is 0.610 bits per heavy atom. The molecule has 4 rings (SSSR count). The van der Waals surface area contributed by atoms with Crippen molar-refractivity contribution in [3.63, 3.8) is 0 Å². The number of phenolic OH excluding ortho intramolecular Hbond substituents is 2. The average Bonchev–Trinajstić information content (AvgIpc) is 2.83. The Morgan fingerprint density at radius 2 is 1.20 bits per heavy atom. The zero-order valence-corrected chi connectivity index (χ0v) is 24.0. The number of anilines is 2. The molecule has 41 heavy (non-hydrogen) atoms. The van der Waals surface area contributed by atoms with Crippen molar-refractivity contribution in [2.75, 3.05) is 5.32 Å². The third kappa shape index (κ3) is 7.41. The number of benzene rings is 4. The molecule has 0 aliphatic carbocycles. The van der Waals surface area contributed by atoms with Crippen molar-refractivity contribution in [1.82, 2.24) is 0 Å². The van der Waals surface area contributed by atoms with E-state index in [1.807, 2.05) is 31.2 Å². The zero-order valence-electron chi connectivity index (χ0n) is 20.6. The normalized spacial score (nSPS) is 13.7. The minimum Gasteiger partial charge on any atom is -0.505 e. The van der Waals surface area contributed by atoms with Crippen LogP contribution in [0.4, 0.5) is 22.7 Å². The van der Waals surface area contributed by atoms with Gasteiger partial charge in [0.25, 0.3) is 0 Å². The maximum absolute atomic E-state index is 10.9. The predicted molar refractivity (Wildman–Crippen MR) is 154 cm³/mol. The maximum atomic E-state index is 10.9. The van der Waals surface area contributed by atoms with Crippen molar-refractivity contribution in [2.45, 2.75) is 21.6 Å². The number of hydrogen-bond acceptors (Lipinski definition) is 14. The molecule has 14 nitrogen and oxygen atoms in total. The quantitative estimate of drug-likeness (QED) is 0.0648. The Morgan fingerprint density at radius 3 is 1.76 bits per heavy atom. The van der Waals surface area contributed by atoms with Crippen molar-refractivity contribution >= 4 is 66.1 Å². The summed E-state index contributed by atoms with van der Waals surface area (Å²) in [6.07, 6.45) is 0. The molecule has 0 atom stereocenters. The fraction of sp³-hybridized carbons (Fsp3) is 0.0435. The minimum absolute atomic E-state index is 0. The summed E-state index contributed by atoms with van der Waals surface area (Å²) in [5.74, 6) is -1.76. The molecule has 0 heterocycles. The summed E-state index contributed by atoms with van der Waals surface area (Å²) < 4.78 is 87.7. The minimum atomic E-state index is -4.66. The van der Waals surface area contributed by atoms with Gasteiger partial charge < -0.3 is 56.5 Å². The van der Waals surface area contributed by atoms with E-state index in [0.29, 0.717) is 17.8 Å². The SMILES string of the molecule is Cc1ccc(Nc2ccc3c(O)c(N=Nc4cc(S(O)(O)O)cc(S(O)(O)O)c4O)c(S(O)(O)O)cc3c2)cc1.[Cu]. The molecule has 1 radical (unpaired) electrons. The van der Waals surface area contributed by atoms with Crippen molar-refractivity contribution in [3.8, 4) is 11.5 Å². The number of nitrogens with zero attached hydrogens (tertiary/aromatic N) is 2. The van der Waals surface area contributed by atoms with Crippen LogP contribution in [0.2, 0.25) is 0 Å². The third-order valence-corrected chi connectivity index (χ3v) is 8.25. The van der Waals surface area contributed by atoms with Crippen LogP contribution in [0.1, 0.15) is 5.56 Å². The first-order valence-corrected chi connectivity index (χ1v) is 15.4. The van der Waals surface area contributed by atoms with E-state index in [2.05, 4.69) is 15.5 Å². The van der Waals surface area contributed by atoms with Crippen molar-refractivity contribution in [3.05, 3.63) is 66.2 Å². The standard InChI is InChI=1S/C23H25N3O11S3.Cu/c1-12-2-4-14(5-3-12)24-15-6-7-17-13(8-15)9-19(39(32,33)34)21(22(17)27)26-25-18-10-16(38(29,30)31)11-20(23(18)28)40(35,36)37;/h2-11,24,27-37H,1H3;. The topological polar surface area (TPSA) is 259 Å². The number of rotatable bonds is 7. The van der Waals surface area contributed by atoms with E-state index in [1.54, 1.807) is 12.1 Å². The Kier molecular flexibility index (Phi) is 9.55. The van der Waals surface area contributed by atoms with Gasteiger partial charge in [-0.2, -0.15) is 0 Å². The molecule has 4 aromatic carbocycles. The van der Waals surface area contributed by atoms with Gasteiger partial charge in [0.2, 0.25) is 0 Å². The van der Waals surface area contributed by atoms with Crippen LogP contribution in [0.3, 0.4) is 0 Å². The van der Waals surface area contributed by atoms with Crippen molar-refractivity contribution in [1.29, 1.82) is 0 Å². The second kappa shape index (κ2) is 11.9. The van der Waals surface area contributed by atoms with Crippen LogP contribution in [0, 0.1) is 6.92 Å². The molecule has 0 aliphatic rings. The van der Waals surface area contributed by atoms with Gasteiger partial charge in [-0.25, -0.2) is 0 Å². The number of aryl methyl sites for hydroxylation is 1. The molecule has 227 valence electrons. The van der Waals surface area contributed by atoms with E-state index in [-0.39, 0.29) is 27.8 Å². The number of hydrogen-bond donors (Lipinski definition) is 12. The van der Waals surface area contributed by atoms with Crippen LogP contribution in [0.5, 0.6) is 11.5 Å². The predicted octanol–water partition coefficient (Wildman–Crippen LogP) is 8.46. The van der Waals surface area contributed by atoms with Crippen molar-refractivity contribution < 1.29 is 68.3 Å². The van der Waals surface area contributed by atoms with E-state index >= 15 is 0 Å². The number of nitrogens with one attached hydrogen (secondary N) is 1. The van der Waals surface area contributed by atoms with Crippen LogP contribution in [0.25, 0.3) is 10.8 Å². The van der Waals surface area contributed by atoms with Gasteiger partial charge in [-0.15, -0.1) is 10.2 Å². The molecule has 0 aromatic heterocycles. The van der Waals surface area contributed by atoms with Gasteiger partial charge in [0, 0.05) is 33.8 Å². The molecule has 0 saturated carbocycles. The summed E-state index contributed by atoms with van der Waals surface area (Å²) in [5.41, 5.74) is 0.955. The molecule has 0 amide bonds. The van der Waals surface area contributed by atoms with E-state index in [9.17, 15) is 51.2 Å². The number of fused-ring (bicyclic) bond motifs is 1. The van der Waals surface area contributed by atoms with E-state index in [4.69, 9.17) is 0 Å². The van der Waals surface area contributed by atoms with Gasteiger partial charge in [0.05, 0.1) is 9.79 Å². The molecule has 12 N–H and O–H groups in total. The monoisotopic (exact) mass is 678 g/mol. The van der Waals surface area contributed by atoms with Crippen LogP contribution in [-0.2, 0) is 17.1 Å². The van der Waals surface area contributed by atoms with Gasteiger partial charge >= 0.3 is 0 Å². The Bertz CT molecular complexity index is 1620. The first kappa shape index (κ1) is 32.9. The Balaban J connectivity index is 0.00000462. The second-order valence-electron chi connectivity index (χ2n) is 8.54. The molecule has 0 spiro atoms. The number of phenols is 2. The fourth-order valence-corrected chi connectivity index (χ4v) is 5.61. The molecule has 0 aliphatic heterocycles. The molecule has 4 aromatic rings. The second-order valence-corrected chi connectivity index (χ2v) is 13.0. The molecular formula is C23H25CuN3O11S3. The van der Waals surface area contributed by atoms with Crippen LogP contribution >= 0.6 is 32.6 Å². The summed E-state index contributed by atoms with van der Waals surface area (Å²) in [7, 11) is -13.7. The molecule has 0 saturated heterocycles. The summed E-state index contributed by atoms with van der Waals surface area (Å²) in [6, 6.07) is 14.5. The van der Waals surface area contributed by atoms with E-state index in [1.165, 1.54) is 6.07 Å². The summed E-state index contributed by atoms with van der Waals surface area (Å²) in [4.78, 5) is -2.48. The van der Waals surface area contributed by atoms with Gasteiger partial charge in [-0.3, -0.25) is 0 Å². The molecular weight excluding hydrogens is 654 g/mol. The molecule has 0 fully saturated rings. The fourth-order valence-electron chi connectivity index (χ4n) is 3.65. The molecule has 0 unspecified atom stereocenters. The number of aromatic hydroxyl groups is 2. The van der Waals surface area contributed by atoms with Crippen molar-refractivity contribution in [2.24, 2.45) is 10.2 Å². The summed E-state index contributed by atoms with van der Waals surface area (Å²) in [6.45, 7) is 1.93. The van der Waals surface area contributed by atoms with Crippen LogP contribution in [-0.4, -0.2) is 51.2 Å². The zero-order chi connectivity index (χ0) is 29.6.